The first-order chi connectivity index (χ1) is 21.7. The molecule has 0 amide bonds. The van der Waals surface area contributed by atoms with Gasteiger partial charge in [0.05, 0.1) is 17.7 Å². The van der Waals surface area contributed by atoms with Gasteiger partial charge in [0, 0.05) is 28.9 Å². The lowest BCUT2D eigenvalue weighted by Crippen LogP contribution is -2.23. The molecule has 5 N–H and O–H groups in total. The van der Waals surface area contributed by atoms with E-state index in [2.05, 4.69) is 136 Å². The highest BCUT2D eigenvalue weighted by molar-refractivity contribution is 6.22. The van der Waals surface area contributed by atoms with E-state index >= 15 is 0 Å². The van der Waals surface area contributed by atoms with Crippen LogP contribution in [0.5, 0.6) is 0 Å². The monoisotopic (exact) mass is 572 g/mol. The van der Waals surface area contributed by atoms with Gasteiger partial charge in [0.25, 0.3) is 0 Å². The molecule has 0 saturated carbocycles. The second-order valence-corrected chi connectivity index (χ2v) is 10.7. The molecular formula is C38H32N6. The van der Waals surface area contributed by atoms with Crippen LogP contribution >= 0.6 is 0 Å². The predicted octanol–water partition coefficient (Wildman–Crippen LogP) is 8.66. The molecule has 0 saturated heterocycles. The number of fused-ring (bicyclic) bond motifs is 6. The Labute approximate surface area is 256 Å². The summed E-state index contributed by atoms with van der Waals surface area (Å²) in [5, 5.41) is 18.8. The Morgan fingerprint density at radius 1 is 0.750 bits per heavy atom. The van der Waals surface area contributed by atoms with Crippen LogP contribution in [0.25, 0.3) is 32.7 Å². The first-order valence-electron chi connectivity index (χ1n) is 14.7. The number of nitrogens with zero attached hydrogens (tertiary/aromatic N) is 2. The van der Waals surface area contributed by atoms with Crippen LogP contribution in [-0.2, 0) is 0 Å². The van der Waals surface area contributed by atoms with Crippen molar-refractivity contribution in [3.05, 3.63) is 151 Å². The summed E-state index contributed by atoms with van der Waals surface area (Å²) in [4.78, 5) is 6.80. The molecule has 2 atom stereocenters. The second kappa shape index (κ2) is 11.9. The van der Waals surface area contributed by atoms with Gasteiger partial charge in [-0.2, -0.15) is 0 Å². The Bertz CT molecular complexity index is 2010. The van der Waals surface area contributed by atoms with Crippen molar-refractivity contribution in [3.63, 3.8) is 0 Å². The maximum absolute atomic E-state index is 7.04. The first-order valence-corrected chi connectivity index (χ1v) is 14.7. The van der Waals surface area contributed by atoms with E-state index in [0.717, 1.165) is 28.1 Å². The minimum Gasteiger partial charge on any atom is -0.359 e. The number of benzene rings is 6. The number of nitrogens with two attached hydrogens (primary N) is 1. The maximum atomic E-state index is 7.04. The molecule has 2 unspecified atom stereocenters. The highest BCUT2D eigenvalue weighted by Crippen LogP contribution is 2.53. The van der Waals surface area contributed by atoms with E-state index in [1.165, 1.54) is 39.0 Å². The molecule has 6 aromatic carbocycles. The SMILES string of the molecule is N=C/C=C\N/C=N\C(N)c1cccc(-c2ccc(C3Nc4c(c5ccccc5c5ccccc45)N3c3ccccc3)cc2)c1. The van der Waals surface area contributed by atoms with Gasteiger partial charge in [-0.15, -0.1) is 0 Å². The third kappa shape index (κ3) is 4.97. The molecule has 0 spiro atoms. The number of nitrogens with one attached hydrogen (secondary N) is 3. The molecule has 6 nitrogen and oxygen atoms in total. The Kier molecular flexibility index (Phi) is 7.32. The Hall–Kier alpha value is -5.72. The lowest BCUT2D eigenvalue weighted by Gasteiger charge is -2.28. The van der Waals surface area contributed by atoms with Crippen LogP contribution in [0.4, 0.5) is 17.1 Å². The molecule has 44 heavy (non-hydrogen) atoms. The van der Waals surface area contributed by atoms with Crippen LogP contribution in [0.1, 0.15) is 23.5 Å². The molecule has 0 aliphatic carbocycles. The fourth-order valence-corrected chi connectivity index (χ4v) is 6.06. The van der Waals surface area contributed by atoms with E-state index in [0.29, 0.717) is 0 Å². The van der Waals surface area contributed by atoms with Crippen molar-refractivity contribution in [2.24, 2.45) is 10.7 Å². The largest absolute Gasteiger partial charge is 0.359 e. The Balaban J connectivity index is 1.25. The van der Waals surface area contributed by atoms with Gasteiger partial charge in [-0.25, -0.2) is 0 Å². The highest BCUT2D eigenvalue weighted by atomic mass is 15.3. The summed E-state index contributed by atoms with van der Waals surface area (Å²) >= 11 is 0. The normalized spacial score (nSPS) is 15.1. The van der Waals surface area contributed by atoms with Crippen LogP contribution in [-0.4, -0.2) is 12.6 Å². The van der Waals surface area contributed by atoms with Gasteiger partial charge in [-0.05, 0) is 57.3 Å². The highest BCUT2D eigenvalue weighted by Gasteiger charge is 2.34. The summed E-state index contributed by atoms with van der Waals surface area (Å²) in [6, 6.07) is 44.9. The maximum Gasteiger partial charge on any atom is 0.130 e. The Morgan fingerprint density at radius 2 is 1.43 bits per heavy atom. The number of anilines is 3. The number of aliphatic imine (C=N–C) groups is 1. The third-order valence-electron chi connectivity index (χ3n) is 8.11. The molecule has 0 radical (unpaired) electrons. The standard InChI is InChI=1S/C38H32N6/c39-22-9-23-41-25-42-37(40)29-11-8-10-28(24-29)26-18-20-27(21-19-26)38-43-35-33-16-6-4-14-31(33)32-15-5-7-17-34(32)36(35)44(38)30-12-2-1-3-13-30/h1-25,37-39,43H,40H2,(H,41,42)/b23-9-,39-22?. The van der Waals surface area contributed by atoms with E-state index in [9.17, 15) is 0 Å². The number of hydrogen-bond donors (Lipinski definition) is 4. The molecule has 0 fully saturated rings. The van der Waals surface area contributed by atoms with Crippen LogP contribution in [0.2, 0.25) is 0 Å². The molecule has 6 aromatic rings. The molecule has 214 valence electrons. The van der Waals surface area contributed by atoms with E-state index in [1.54, 1.807) is 18.6 Å². The lowest BCUT2D eigenvalue weighted by atomic mass is 9.98. The molecular weight excluding hydrogens is 540 g/mol. The molecule has 0 aromatic heterocycles. The molecule has 0 bridgehead atoms. The summed E-state index contributed by atoms with van der Waals surface area (Å²) in [5.74, 6) is 0. The van der Waals surface area contributed by atoms with Gasteiger partial charge >= 0.3 is 0 Å². The molecule has 1 aliphatic rings. The van der Waals surface area contributed by atoms with Crippen LogP contribution in [0, 0.1) is 5.41 Å². The minimum atomic E-state index is -0.500. The van der Waals surface area contributed by atoms with Crippen LogP contribution in [0.3, 0.4) is 0 Å². The van der Waals surface area contributed by atoms with E-state index in [4.69, 9.17) is 11.1 Å². The summed E-state index contributed by atoms with van der Waals surface area (Å²) in [6.07, 6.45) is 5.36. The topological polar surface area (TPSA) is 89.5 Å². The zero-order valence-corrected chi connectivity index (χ0v) is 24.1. The molecule has 1 heterocycles. The fourth-order valence-electron chi connectivity index (χ4n) is 6.06. The van der Waals surface area contributed by atoms with Gasteiger partial charge in [0.15, 0.2) is 0 Å². The van der Waals surface area contributed by atoms with Gasteiger partial charge in [-0.3, -0.25) is 4.99 Å². The van der Waals surface area contributed by atoms with Gasteiger partial charge < -0.3 is 26.7 Å². The summed E-state index contributed by atoms with van der Waals surface area (Å²) in [5.41, 5.74) is 14.1. The number of hydrogen-bond acceptors (Lipinski definition) is 5. The van der Waals surface area contributed by atoms with Gasteiger partial charge in [0.1, 0.15) is 12.3 Å². The van der Waals surface area contributed by atoms with Crippen molar-refractivity contribution in [2.75, 3.05) is 10.2 Å². The Morgan fingerprint density at radius 3 is 2.18 bits per heavy atom. The molecule has 7 rings (SSSR count). The van der Waals surface area contributed by atoms with Crippen LogP contribution in [0.15, 0.2) is 145 Å². The molecule has 6 heteroatoms. The number of para-hydroxylation sites is 1. The zero-order valence-electron chi connectivity index (χ0n) is 24.1. The number of allylic oxidation sites excluding steroid dienone is 1. The lowest BCUT2D eigenvalue weighted by molar-refractivity contribution is 0.776. The summed E-state index contributed by atoms with van der Waals surface area (Å²) < 4.78 is 0. The summed E-state index contributed by atoms with van der Waals surface area (Å²) in [6.45, 7) is 0. The summed E-state index contributed by atoms with van der Waals surface area (Å²) in [7, 11) is 0. The van der Waals surface area contributed by atoms with Crippen LogP contribution < -0.4 is 21.3 Å². The molecule has 1 aliphatic heterocycles. The van der Waals surface area contributed by atoms with Crippen molar-refractivity contribution in [3.8, 4) is 11.1 Å². The zero-order chi connectivity index (χ0) is 29.9. The van der Waals surface area contributed by atoms with Crippen molar-refractivity contribution in [1.82, 2.24) is 5.32 Å². The van der Waals surface area contributed by atoms with Crippen molar-refractivity contribution >= 4 is 51.2 Å². The first kappa shape index (κ1) is 27.1. The van der Waals surface area contributed by atoms with Crippen molar-refractivity contribution < 1.29 is 0 Å². The van der Waals surface area contributed by atoms with Crippen molar-refractivity contribution in [2.45, 2.75) is 12.3 Å². The third-order valence-corrected chi connectivity index (χ3v) is 8.11. The fraction of sp³-hybridized carbons (Fsp3) is 0.0526. The van der Waals surface area contributed by atoms with Gasteiger partial charge in [0.2, 0.25) is 0 Å². The second-order valence-electron chi connectivity index (χ2n) is 10.7. The van der Waals surface area contributed by atoms with E-state index in [-0.39, 0.29) is 6.17 Å². The van der Waals surface area contributed by atoms with Crippen molar-refractivity contribution in [1.29, 1.82) is 5.41 Å². The average molecular weight is 573 g/mol. The van der Waals surface area contributed by atoms with E-state index < -0.39 is 6.17 Å². The van der Waals surface area contributed by atoms with E-state index in [1.807, 2.05) is 12.1 Å². The smallest absolute Gasteiger partial charge is 0.130 e. The minimum absolute atomic E-state index is 0.0843. The average Bonchev–Trinajstić information content (AvgIpc) is 3.50. The predicted molar refractivity (Wildman–Crippen MR) is 185 cm³/mol. The quantitative estimate of drug-likeness (QED) is 0.0835. The number of rotatable bonds is 8. The van der Waals surface area contributed by atoms with Gasteiger partial charge in [-0.1, -0.05) is 109 Å².